The molecule has 4 aromatic rings. The van der Waals surface area contributed by atoms with Crippen molar-refractivity contribution in [1.29, 1.82) is 0 Å². The van der Waals surface area contributed by atoms with Gasteiger partial charge in [0, 0.05) is 60.8 Å². The van der Waals surface area contributed by atoms with Gasteiger partial charge in [0.1, 0.15) is 0 Å². The Morgan fingerprint density at radius 1 is 0.933 bits per heavy atom. The summed E-state index contributed by atoms with van der Waals surface area (Å²) in [6, 6.07) is 23.5. The first-order valence-electron chi connectivity index (χ1n) is 16.3. The summed E-state index contributed by atoms with van der Waals surface area (Å²) < 4.78 is 2.35. The molecule has 0 unspecified atom stereocenters. The Morgan fingerprint density at radius 2 is 1.62 bits per heavy atom. The molecule has 0 radical (unpaired) electrons. The largest absolute Gasteiger partial charge is 0.372 e. The zero-order chi connectivity index (χ0) is 31.8. The van der Waals surface area contributed by atoms with Crippen molar-refractivity contribution in [2.24, 2.45) is 11.8 Å². The van der Waals surface area contributed by atoms with Gasteiger partial charge in [-0.05, 0) is 124 Å². The predicted octanol–water partition coefficient (Wildman–Crippen LogP) is 8.65. The molecule has 6 rings (SSSR count). The Bertz CT molecular complexity index is 1640. The summed E-state index contributed by atoms with van der Waals surface area (Å²) in [6.45, 7) is 17.5. The van der Waals surface area contributed by atoms with Crippen LogP contribution in [-0.2, 0) is 0 Å². The van der Waals surface area contributed by atoms with Crippen molar-refractivity contribution < 1.29 is 0 Å². The summed E-state index contributed by atoms with van der Waals surface area (Å²) in [4.78, 5) is 11.8. The molecule has 45 heavy (non-hydrogen) atoms. The Kier molecular flexibility index (Phi) is 9.12. The van der Waals surface area contributed by atoms with Crippen LogP contribution in [0.4, 0.5) is 17.1 Å². The zero-order valence-electron chi connectivity index (χ0n) is 27.3. The van der Waals surface area contributed by atoms with Crippen molar-refractivity contribution in [1.82, 2.24) is 14.9 Å². The van der Waals surface area contributed by atoms with E-state index in [-0.39, 0.29) is 12.1 Å². The molecular formula is C37H45ClN6S. The number of thiocarbonyl (C=S) groups is 1. The highest BCUT2D eigenvalue weighted by Crippen LogP contribution is 2.45. The summed E-state index contributed by atoms with van der Waals surface area (Å²) in [5.41, 5.74) is 9.01. The lowest BCUT2D eigenvalue weighted by molar-refractivity contribution is 0.357. The Balaban J connectivity index is 1.41. The first-order chi connectivity index (χ1) is 21.7. The summed E-state index contributed by atoms with van der Waals surface area (Å²) in [5, 5.41) is 5.07. The number of pyridine rings is 1. The minimum Gasteiger partial charge on any atom is -0.372 e. The van der Waals surface area contributed by atoms with E-state index in [0.29, 0.717) is 16.9 Å². The molecule has 4 heterocycles. The van der Waals surface area contributed by atoms with E-state index in [1.165, 1.54) is 29.1 Å². The predicted molar refractivity (Wildman–Crippen MR) is 193 cm³/mol. The van der Waals surface area contributed by atoms with E-state index in [1.54, 1.807) is 0 Å². The van der Waals surface area contributed by atoms with E-state index in [1.807, 2.05) is 18.3 Å². The third-order valence-corrected chi connectivity index (χ3v) is 10.2. The van der Waals surface area contributed by atoms with E-state index in [9.17, 15) is 0 Å². The van der Waals surface area contributed by atoms with Gasteiger partial charge < -0.3 is 24.6 Å². The van der Waals surface area contributed by atoms with Gasteiger partial charge in [-0.15, -0.1) is 0 Å². The number of hydrogen-bond acceptors (Lipinski definition) is 4. The fourth-order valence-electron chi connectivity index (χ4n) is 7.60. The number of piperidine rings is 1. The molecule has 0 amide bonds. The lowest BCUT2D eigenvalue weighted by Gasteiger charge is -2.37. The monoisotopic (exact) mass is 640 g/mol. The molecule has 0 spiro atoms. The van der Waals surface area contributed by atoms with Gasteiger partial charge in [0.15, 0.2) is 5.11 Å². The molecule has 0 aliphatic carbocycles. The normalized spacial score (nSPS) is 21.7. The van der Waals surface area contributed by atoms with Crippen LogP contribution in [0.15, 0.2) is 72.9 Å². The van der Waals surface area contributed by atoms with Gasteiger partial charge in [-0.1, -0.05) is 31.5 Å². The van der Waals surface area contributed by atoms with Crippen LogP contribution in [0, 0.1) is 25.7 Å². The number of anilines is 3. The summed E-state index contributed by atoms with van der Waals surface area (Å²) >= 11 is 13.1. The number of hydrogen-bond donors (Lipinski definition) is 1. The summed E-state index contributed by atoms with van der Waals surface area (Å²) in [5.74, 6) is 1.29. The van der Waals surface area contributed by atoms with Gasteiger partial charge in [-0.3, -0.25) is 4.98 Å². The Labute approximate surface area is 279 Å². The van der Waals surface area contributed by atoms with Crippen LogP contribution in [0.1, 0.15) is 68.8 Å². The average Bonchev–Trinajstić information content (AvgIpc) is 3.52. The van der Waals surface area contributed by atoms with Gasteiger partial charge in [0.2, 0.25) is 0 Å². The minimum absolute atomic E-state index is 0.112. The molecule has 2 aromatic heterocycles. The third-order valence-electron chi connectivity index (χ3n) is 9.54. The van der Waals surface area contributed by atoms with E-state index >= 15 is 0 Å². The fraction of sp³-hybridized carbons (Fsp3) is 0.405. The van der Waals surface area contributed by atoms with Crippen LogP contribution in [0.5, 0.6) is 0 Å². The molecular weight excluding hydrogens is 596 g/mol. The maximum atomic E-state index is 7.08. The quantitative estimate of drug-likeness (QED) is 0.194. The second kappa shape index (κ2) is 13.1. The van der Waals surface area contributed by atoms with Crippen LogP contribution < -0.4 is 20.0 Å². The van der Waals surface area contributed by atoms with E-state index < -0.39 is 0 Å². The minimum atomic E-state index is -0.125. The van der Waals surface area contributed by atoms with Crippen LogP contribution in [-0.4, -0.2) is 40.8 Å². The van der Waals surface area contributed by atoms with Crippen molar-refractivity contribution in [3.8, 4) is 5.69 Å². The van der Waals surface area contributed by atoms with Crippen molar-refractivity contribution in [2.75, 3.05) is 40.9 Å². The molecule has 2 fully saturated rings. The van der Waals surface area contributed by atoms with E-state index in [4.69, 9.17) is 28.8 Å². The van der Waals surface area contributed by atoms with E-state index in [2.05, 4.69) is 121 Å². The smallest absolute Gasteiger partial charge is 0.174 e. The highest BCUT2D eigenvalue weighted by molar-refractivity contribution is 7.80. The molecule has 4 atom stereocenters. The SMILES string of the molecule is CCN(CC)c1ccc(-n2c(C)cc([C@H]3[C@@H](c4ccccn4)NC(=S)N3c3ccc(N4C[C@H](C)C[C@H](C)C4)c(Cl)c3)c2C)cc1. The van der Waals surface area contributed by atoms with Gasteiger partial charge in [0.05, 0.1) is 28.5 Å². The second-order valence-corrected chi connectivity index (χ2v) is 13.6. The van der Waals surface area contributed by atoms with Crippen molar-refractivity contribution >= 4 is 46.0 Å². The van der Waals surface area contributed by atoms with Crippen LogP contribution in [0.25, 0.3) is 5.69 Å². The number of benzene rings is 2. The summed E-state index contributed by atoms with van der Waals surface area (Å²) in [7, 11) is 0. The maximum Gasteiger partial charge on any atom is 0.174 e. The van der Waals surface area contributed by atoms with Gasteiger partial charge in [-0.2, -0.15) is 0 Å². The average molecular weight is 641 g/mol. The van der Waals surface area contributed by atoms with Crippen LogP contribution in [0.3, 0.4) is 0 Å². The molecule has 0 bridgehead atoms. The fourth-order valence-corrected chi connectivity index (χ4v) is 8.24. The topological polar surface area (TPSA) is 39.6 Å². The number of aromatic nitrogens is 2. The molecule has 2 aliphatic rings. The second-order valence-electron chi connectivity index (χ2n) is 12.8. The van der Waals surface area contributed by atoms with Crippen LogP contribution in [0.2, 0.25) is 5.02 Å². The highest BCUT2D eigenvalue weighted by atomic mass is 35.5. The number of halogens is 1. The van der Waals surface area contributed by atoms with Crippen LogP contribution >= 0.6 is 23.8 Å². The molecule has 236 valence electrons. The number of nitrogens with one attached hydrogen (secondary N) is 1. The van der Waals surface area contributed by atoms with Crippen molar-refractivity contribution in [3.63, 3.8) is 0 Å². The molecule has 2 aromatic carbocycles. The molecule has 2 saturated heterocycles. The number of rotatable bonds is 8. The van der Waals surface area contributed by atoms with Crippen molar-refractivity contribution in [2.45, 2.75) is 60.0 Å². The Morgan fingerprint density at radius 3 is 2.24 bits per heavy atom. The zero-order valence-corrected chi connectivity index (χ0v) is 28.9. The van der Waals surface area contributed by atoms with Gasteiger partial charge in [-0.25, -0.2) is 0 Å². The number of aryl methyl sites for hydroxylation is 1. The molecule has 2 aliphatic heterocycles. The first-order valence-corrected chi connectivity index (χ1v) is 17.1. The summed E-state index contributed by atoms with van der Waals surface area (Å²) in [6.07, 6.45) is 3.11. The molecule has 6 nitrogen and oxygen atoms in total. The molecule has 0 saturated carbocycles. The van der Waals surface area contributed by atoms with E-state index in [0.717, 1.165) is 54.0 Å². The highest BCUT2D eigenvalue weighted by Gasteiger charge is 2.42. The maximum absolute atomic E-state index is 7.08. The standard InChI is InChI=1S/C37H45ClN6S/c1-7-41(8-2)28-12-14-29(15-13-28)43-26(5)20-31(27(43)6)36-35(33-11-9-10-18-39-33)40-37(45)44(36)30-16-17-34(32(38)21-30)42-22-24(3)19-25(4)23-42/h9-18,20-21,24-25,35-36H,7-8,19,22-23H2,1-6H3,(H,40,45)/t24-,25+,35-,36+/m1/s1. The van der Waals surface area contributed by atoms with Gasteiger partial charge >= 0.3 is 0 Å². The first kappa shape index (κ1) is 31.4. The Hall–Kier alpha value is -3.55. The lowest BCUT2D eigenvalue weighted by atomic mass is 9.91. The molecule has 1 N–H and O–H groups in total. The third kappa shape index (κ3) is 6.05. The number of nitrogens with zero attached hydrogens (tertiary/aromatic N) is 5. The lowest BCUT2D eigenvalue weighted by Crippen LogP contribution is -2.38. The molecule has 8 heteroatoms. The van der Waals surface area contributed by atoms with Crippen molar-refractivity contribution in [3.05, 3.63) is 101 Å². The van der Waals surface area contributed by atoms with Gasteiger partial charge in [0.25, 0.3) is 0 Å².